The Labute approximate surface area is 218 Å². The molecule has 0 atom stereocenters. The number of pyridine rings is 1. The van der Waals surface area contributed by atoms with Gasteiger partial charge in [-0.3, -0.25) is 4.79 Å². The van der Waals surface area contributed by atoms with Crippen LogP contribution in [0.3, 0.4) is 0 Å². The van der Waals surface area contributed by atoms with Crippen LogP contribution in [0.4, 0.5) is 0 Å². The van der Waals surface area contributed by atoms with Crippen LogP contribution >= 0.6 is 0 Å². The summed E-state index contributed by atoms with van der Waals surface area (Å²) in [5.74, 6) is -1.01. The molecule has 9 heteroatoms. The minimum atomic E-state index is -3.82. The standard InChI is InChI=1S/C29H23NO7S/c1-2-35-29(32)27-16-26(31)24-8-5-7-20(28(24)37-27)18-38(33,34)23-14-12-22(13-15-23)36-17-21-11-10-19-6-3-4-9-25(19)30-21/h3-16H,2,17-18H2,1H3. The zero-order valence-corrected chi connectivity index (χ0v) is 21.2. The first kappa shape index (κ1) is 25.2. The number of carbonyl (C=O) groups excluding carboxylic acids is 1. The number of hydrogen-bond acceptors (Lipinski definition) is 8. The normalized spacial score (nSPS) is 11.5. The van der Waals surface area contributed by atoms with Crippen molar-refractivity contribution in [3.8, 4) is 5.75 Å². The average Bonchev–Trinajstić information content (AvgIpc) is 2.92. The number of benzene rings is 3. The van der Waals surface area contributed by atoms with Crippen LogP contribution in [0.1, 0.15) is 28.7 Å². The first-order valence-corrected chi connectivity index (χ1v) is 13.5. The number of rotatable bonds is 8. The second-order valence-corrected chi connectivity index (χ2v) is 10.5. The van der Waals surface area contributed by atoms with Gasteiger partial charge in [0.2, 0.25) is 5.76 Å². The van der Waals surface area contributed by atoms with Gasteiger partial charge in [-0.1, -0.05) is 36.4 Å². The second kappa shape index (κ2) is 10.5. The third-order valence-corrected chi connectivity index (χ3v) is 7.57. The summed E-state index contributed by atoms with van der Waals surface area (Å²) >= 11 is 0. The highest BCUT2D eigenvalue weighted by Gasteiger charge is 2.21. The fraction of sp³-hybridized carbons (Fsp3) is 0.138. The molecule has 0 bridgehead atoms. The van der Waals surface area contributed by atoms with Crippen LogP contribution < -0.4 is 10.2 Å². The van der Waals surface area contributed by atoms with E-state index in [4.69, 9.17) is 13.9 Å². The largest absolute Gasteiger partial charge is 0.487 e. The Kier molecular flexibility index (Phi) is 6.93. The molecular weight excluding hydrogens is 506 g/mol. The first-order chi connectivity index (χ1) is 18.3. The lowest BCUT2D eigenvalue weighted by atomic mass is 10.1. The quantitative estimate of drug-likeness (QED) is 0.256. The molecule has 0 aliphatic rings. The van der Waals surface area contributed by atoms with Crippen LogP contribution in [-0.2, 0) is 26.9 Å². The Morgan fingerprint density at radius 2 is 1.74 bits per heavy atom. The van der Waals surface area contributed by atoms with Crippen molar-refractivity contribution in [2.24, 2.45) is 0 Å². The molecule has 0 unspecified atom stereocenters. The smallest absolute Gasteiger partial charge is 0.374 e. The van der Waals surface area contributed by atoms with Gasteiger partial charge in [0.15, 0.2) is 15.3 Å². The van der Waals surface area contributed by atoms with E-state index in [1.54, 1.807) is 31.2 Å². The van der Waals surface area contributed by atoms with Gasteiger partial charge in [-0.15, -0.1) is 0 Å². The fourth-order valence-electron chi connectivity index (χ4n) is 4.03. The molecule has 0 N–H and O–H groups in total. The van der Waals surface area contributed by atoms with Gasteiger partial charge >= 0.3 is 5.97 Å². The van der Waals surface area contributed by atoms with Crippen LogP contribution in [-0.4, -0.2) is 26.0 Å². The number of esters is 1. The van der Waals surface area contributed by atoms with Crippen LogP contribution in [0.5, 0.6) is 5.75 Å². The van der Waals surface area contributed by atoms with Gasteiger partial charge in [-0.2, -0.15) is 0 Å². The average molecular weight is 530 g/mol. The summed E-state index contributed by atoms with van der Waals surface area (Å²) in [5.41, 5.74) is 1.45. The van der Waals surface area contributed by atoms with E-state index in [9.17, 15) is 18.0 Å². The summed E-state index contributed by atoms with van der Waals surface area (Å²) in [7, 11) is -3.82. The molecule has 8 nitrogen and oxygen atoms in total. The van der Waals surface area contributed by atoms with Gasteiger partial charge in [0.05, 0.1) is 33.9 Å². The molecule has 192 valence electrons. The van der Waals surface area contributed by atoms with Crippen molar-refractivity contribution in [3.05, 3.63) is 112 Å². The Bertz CT molecular complexity index is 1810. The highest BCUT2D eigenvalue weighted by Crippen LogP contribution is 2.25. The summed E-state index contributed by atoms with van der Waals surface area (Å²) < 4.78 is 42.8. The highest BCUT2D eigenvalue weighted by atomic mass is 32.2. The summed E-state index contributed by atoms with van der Waals surface area (Å²) in [4.78, 5) is 29.3. The van der Waals surface area contributed by atoms with Crippen LogP contribution in [0.15, 0.2) is 99.0 Å². The predicted molar refractivity (Wildman–Crippen MR) is 142 cm³/mol. The first-order valence-electron chi connectivity index (χ1n) is 11.9. The molecule has 5 aromatic rings. The molecular formula is C29H23NO7S. The molecule has 38 heavy (non-hydrogen) atoms. The molecule has 0 aliphatic heterocycles. The van der Waals surface area contributed by atoms with Crippen molar-refractivity contribution in [1.29, 1.82) is 0 Å². The molecule has 2 aromatic heterocycles. The van der Waals surface area contributed by atoms with Crippen molar-refractivity contribution in [3.63, 3.8) is 0 Å². The third kappa shape index (κ3) is 5.28. The predicted octanol–water partition coefficient (Wildman–Crippen LogP) is 5.07. The number of ether oxygens (including phenoxy) is 2. The van der Waals surface area contributed by atoms with Crippen LogP contribution in [0.2, 0.25) is 0 Å². The van der Waals surface area contributed by atoms with Gasteiger partial charge in [0.25, 0.3) is 0 Å². The summed E-state index contributed by atoms with van der Waals surface area (Å²) in [5, 5.41) is 1.21. The van der Waals surface area contributed by atoms with Crippen LogP contribution in [0.25, 0.3) is 21.9 Å². The Morgan fingerprint density at radius 1 is 0.947 bits per heavy atom. The maximum absolute atomic E-state index is 13.2. The van der Waals surface area contributed by atoms with Crippen LogP contribution in [0, 0.1) is 0 Å². The lowest BCUT2D eigenvalue weighted by Crippen LogP contribution is -2.11. The minimum Gasteiger partial charge on any atom is -0.487 e. The SMILES string of the molecule is CCOC(=O)c1cc(=O)c2cccc(CS(=O)(=O)c3ccc(OCc4ccc5ccccc5n4)cc3)c2o1. The summed E-state index contributed by atoms with van der Waals surface area (Å²) in [6, 6.07) is 23.4. The van der Waals surface area contributed by atoms with Crippen molar-refractivity contribution >= 4 is 37.7 Å². The van der Waals surface area contributed by atoms with E-state index < -0.39 is 27.0 Å². The Morgan fingerprint density at radius 3 is 2.53 bits per heavy atom. The Hall–Kier alpha value is -4.50. The maximum Gasteiger partial charge on any atom is 0.374 e. The number of aromatic nitrogens is 1. The molecule has 0 saturated carbocycles. The molecule has 0 radical (unpaired) electrons. The minimum absolute atomic E-state index is 0.0365. The molecule has 3 aromatic carbocycles. The van der Waals surface area contributed by atoms with E-state index in [1.165, 1.54) is 18.2 Å². The van der Waals surface area contributed by atoms with E-state index in [2.05, 4.69) is 4.98 Å². The molecule has 2 heterocycles. The molecule has 0 spiro atoms. The van der Waals surface area contributed by atoms with E-state index in [0.29, 0.717) is 5.75 Å². The van der Waals surface area contributed by atoms with E-state index in [-0.39, 0.29) is 40.4 Å². The number of sulfone groups is 1. The molecule has 0 aliphatic carbocycles. The number of fused-ring (bicyclic) bond motifs is 2. The number of hydrogen-bond donors (Lipinski definition) is 0. The van der Waals surface area contributed by atoms with E-state index in [0.717, 1.165) is 22.7 Å². The lowest BCUT2D eigenvalue weighted by Gasteiger charge is -2.10. The van der Waals surface area contributed by atoms with Crippen molar-refractivity contribution in [2.45, 2.75) is 24.2 Å². The van der Waals surface area contributed by atoms with Gasteiger partial charge in [-0.05, 0) is 49.4 Å². The second-order valence-electron chi connectivity index (χ2n) is 8.50. The molecule has 0 fully saturated rings. The Balaban J connectivity index is 1.35. The maximum atomic E-state index is 13.2. The lowest BCUT2D eigenvalue weighted by molar-refractivity contribution is 0.0490. The highest BCUT2D eigenvalue weighted by molar-refractivity contribution is 7.90. The zero-order chi connectivity index (χ0) is 26.7. The molecule has 5 rings (SSSR count). The monoisotopic (exact) mass is 529 g/mol. The fourth-order valence-corrected chi connectivity index (χ4v) is 5.38. The van der Waals surface area contributed by atoms with Crippen molar-refractivity contribution in [2.75, 3.05) is 6.61 Å². The number of para-hydroxylation sites is 2. The van der Waals surface area contributed by atoms with Gasteiger partial charge in [0.1, 0.15) is 17.9 Å². The van der Waals surface area contributed by atoms with E-state index in [1.807, 2.05) is 36.4 Å². The van der Waals surface area contributed by atoms with E-state index >= 15 is 0 Å². The zero-order valence-electron chi connectivity index (χ0n) is 20.4. The van der Waals surface area contributed by atoms with Crippen molar-refractivity contribution < 1.29 is 27.1 Å². The van der Waals surface area contributed by atoms with Gasteiger partial charge in [0, 0.05) is 17.0 Å². The van der Waals surface area contributed by atoms with Crippen molar-refractivity contribution in [1.82, 2.24) is 4.98 Å². The third-order valence-electron chi connectivity index (χ3n) is 5.88. The summed E-state index contributed by atoms with van der Waals surface area (Å²) in [6.07, 6.45) is 0. The van der Waals surface area contributed by atoms with Gasteiger partial charge < -0.3 is 13.9 Å². The molecule has 0 saturated heterocycles. The van der Waals surface area contributed by atoms with Gasteiger partial charge in [-0.25, -0.2) is 18.2 Å². The number of nitrogens with zero attached hydrogens (tertiary/aromatic N) is 1. The number of carbonyl (C=O) groups is 1. The molecule has 0 amide bonds. The summed E-state index contributed by atoms with van der Waals surface area (Å²) in [6.45, 7) is 1.97. The topological polar surface area (TPSA) is 113 Å².